The van der Waals surface area contributed by atoms with Gasteiger partial charge in [0.2, 0.25) is 5.91 Å². The summed E-state index contributed by atoms with van der Waals surface area (Å²) in [7, 11) is 3.57. The first kappa shape index (κ1) is 16.6. The molecule has 116 valence electrons. The predicted octanol–water partition coefficient (Wildman–Crippen LogP) is 2.42. The molecular weight excluding hydrogens is 309 g/mol. The molecule has 0 aliphatic carbocycles. The van der Waals surface area contributed by atoms with Gasteiger partial charge in [0, 0.05) is 39.8 Å². The van der Waals surface area contributed by atoms with Crippen molar-refractivity contribution in [2.75, 3.05) is 33.7 Å². The number of carbonyl (C=O) groups excluding carboxylic acids is 1. The van der Waals surface area contributed by atoms with Gasteiger partial charge in [0.05, 0.1) is 10.0 Å². The third kappa shape index (κ3) is 3.51. The van der Waals surface area contributed by atoms with Gasteiger partial charge in [0.25, 0.3) is 0 Å². The normalized spacial score (nSPS) is 21.1. The van der Waals surface area contributed by atoms with E-state index in [0.29, 0.717) is 16.6 Å². The van der Waals surface area contributed by atoms with Gasteiger partial charge in [0.1, 0.15) is 6.04 Å². The highest BCUT2D eigenvalue weighted by Crippen LogP contribution is 2.33. The smallest absolute Gasteiger partial charge is 0.240 e. The fraction of sp³-hybridized carbons (Fsp3) is 0.533. The molecule has 1 aromatic rings. The van der Waals surface area contributed by atoms with E-state index in [4.69, 9.17) is 23.2 Å². The van der Waals surface area contributed by atoms with Crippen LogP contribution in [-0.2, 0) is 4.79 Å². The van der Waals surface area contributed by atoms with E-state index in [0.717, 1.165) is 18.7 Å². The number of halogens is 2. The van der Waals surface area contributed by atoms with Gasteiger partial charge in [-0.05, 0) is 18.6 Å². The Labute approximate surface area is 136 Å². The summed E-state index contributed by atoms with van der Waals surface area (Å²) < 4.78 is 0. The third-order valence-corrected chi connectivity index (χ3v) is 4.77. The van der Waals surface area contributed by atoms with Crippen LogP contribution in [0, 0.1) is 0 Å². The lowest BCUT2D eigenvalue weighted by Gasteiger charge is -2.40. The van der Waals surface area contributed by atoms with Crippen molar-refractivity contribution in [1.29, 1.82) is 0 Å². The maximum atomic E-state index is 12.4. The molecule has 0 radical (unpaired) electrons. The zero-order valence-corrected chi connectivity index (χ0v) is 14.1. The largest absolute Gasteiger partial charge is 0.347 e. The van der Waals surface area contributed by atoms with Crippen LogP contribution >= 0.6 is 23.2 Å². The first-order chi connectivity index (χ1) is 9.93. The molecule has 2 rings (SSSR count). The highest BCUT2D eigenvalue weighted by molar-refractivity contribution is 6.42. The second-order valence-corrected chi connectivity index (χ2v) is 6.29. The summed E-state index contributed by atoms with van der Waals surface area (Å²) in [6.07, 6.45) is 0. The predicted molar refractivity (Wildman–Crippen MR) is 86.9 cm³/mol. The van der Waals surface area contributed by atoms with Crippen molar-refractivity contribution < 1.29 is 4.79 Å². The van der Waals surface area contributed by atoms with Gasteiger partial charge in [-0.25, -0.2) is 0 Å². The molecule has 6 heteroatoms. The molecule has 1 amide bonds. The Morgan fingerprint density at radius 3 is 2.81 bits per heavy atom. The molecule has 0 aromatic heterocycles. The Bertz CT molecular complexity index is 522. The molecular formula is C15H21Cl2N3O. The Balaban J connectivity index is 2.28. The summed E-state index contributed by atoms with van der Waals surface area (Å²) in [5.74, 6) is 0.104. The van der Waals surface area contributed by atoms with E-state index in [1.165, 1.54) is 0 Å². The number of carbonyl (C=O) groups is 1. The van der Waals surface area contributed by atoms with Gasteiger partial charge in [-0.3, -0.25) is 9.69 Å². The number of amides is 1. The van der Waals surface area contributed by atoms with Gasteiger partial charge in [-0.2, -0.15) is 0 Å². The van der Waals surface area contributed by atoms with Crippen LogP contribution in [0.1, 0.15) is 18.5 Å². The Morgan fingerprint density at radius 2 is 2.14 bits per heavy atom. The van der Waals surface area contributed by atoms with Crippen molar-refractivity contribution in [3.05, 3.63) is 33.8 Å². The van der Waals surface area contributed by atoms with Crippen molar-refractivity contribution in [2.45, 2.75) is 19.0 Å². The number of piperazine rings is 1. The summed E-state index contributed by atoms with van der Waals surface area (Å²) in [5, 5.41) is 4.40. The van der Waals surface area contributed by atoms with Crippen molar-refractivity contribution in [3.63, 3.8) is 0 Å². The maximum Gasteiger partial charge on any atom is 0.240 e. The highest BCUT2D eigenvalue weighted by atomic mass is 35.5. The molecule has 1 heterocycles. The molecule has 0 saturated carbocycles. The fourth-order valence-corrected chi connectivity index (χ4v) is 3.20. The van der Waals surface area contributed by atoms with Gasteiger partial charge < -0.3 is 10.2 Å². The lowest BCUT2D eigenvalue weighted by molar-refractivity contribution is -0.136. The van der Waals surface area contributed by atoms with Gasteiger partial charge >= 0.3 is 0 Å². The number of hydrogen-bond donors (Lipinski definition) is 1. The number of hydrogen-bond acceptors (Lipinski definition) is 3. The molecule has 1 N–H and O–H groups in total. The van der Waals surface area contributed by atoms with Crippen LogP contribution in [0.2, 0.25) is 10.0 Å². The monoisotopic (exact) mass is 329 g/mol. The second-order valence-electron chi connectivity index (χ2n) is 5.51. The van der Waals surface area contributed by atoms with Crippen LogP contribution in [0.3, 0.4) is 0 Å². The number of nitrogens with zero attached hydrogens (tertiary/aromatic N) is 2. The number of rotatable bonds is 3. The lowest BCUT2D eigenvalue weighted by atomic mass is 10.0. The minimum absolute atomic E-state index is 0.0344. The maximum absolute atomic E-state index is 12.4. The molecule has 1 aliphatic rings. The van der Waals surface area contributed by atoms with Crippen LogP contribution in [0.15, 0.2) is 18.2 Å². The zero-order chi connectivity index (χ0) is 15.6. The van der Waals surface area contributed by atoms with E-state index in [2.05, 4.69) is 17.1 Å². The van der Waals surface area contributed by atoms with E-state index in [9.17, 15) is 4.79 Å². The lowest BCUT2D eigenvalue weighted by Crippen LogP contribution is -2.58. The first-order valence-corrected chi connectivity index (χ1v) is 7.80. The average molecular weight is 330 g/mol. The van der Waals surface area contributed by atoms with Gasteiger partial charge in [-0.1, -0.05) is 35.3 Å². The number of likely N-dealkylation sites (N-methyl/N-ethyl adjacent to an activating group) is 1. The summed E-state index contributed by atoms with van der Waals surface area (Å²) in [4.78, 5) is 16.2. The van der Waals surface area contributed by atoms with Crippen LogP contribution in [0.25, 0.3) is 0 Å². The van der Waals surface area contributed by atoms with E-state index < -0.39 is 0 Å². The standard InChI is InChI=1S/C15H21Cl2N3O/c1-10(11-5-4-6-12(16)14(11)17)20-8-7-18-9-13(20)15(21)19(2)3/h4-6,10,13,18H,7-9H2,1-3H3. The summed E-state index contributed by atoms with van der Waals surface area (Å²) in [5.41, 5.74) is 0.961. The molecule has 4 nitrogen and oxygen atoms in total. The van der Waals surface area contributed by atoms with Crippen molar-refractivity contribution in [3.8, 4) is 0 Å². The number of benzene rings is 1. The zero-order valence-electron chi connectivity index (χ0n) is 12.6. The summed E-state index contributed by atoms with van der Waals surface area (Å²) >= 11 is 12.4. The minimum Gasteiger partial charge on any atom is -0.347 e. The second kappa shape index (κ2) is 6.97. The third-order valence-electron chi connectivity index (χ3n) is 3.94. The molecule has 1 saturated heterocycles. The molecule has 1 aromatic carbocycles. The van der Waals surface area contributed by atoms with Crippen LogP contribution in [-0.4, -0.2) is 55.5 Å². The van der Waals surface area contributed by atoms with E-state index in [-0.39, 0.29) is 18.0 Å². The topological polar surface area (TPSA) is 35.6 Å². The summed E-state index contributed by atoms with van der Waals surface area (Å²) in [6, 6.07) is 5.50. The van der Waals surface area contributed by atoms with Crippen LogP contribution in [0.5, 0.6) is 0 Å². The van der Waals surface area contributed by atoms with E-state index in [1.54, 1.807) is 25.1 Å². The molecule has 1 fully saturated rings. The van der Waals surface area contributed by atoms with Crippen molar-refractivity contribution in [1.82, 2.24) is 15.1 Å². The Kier molecular flexibility index (Phi) is 5.49. The molecule has 21 heavy (non-hydrogen) atoms. The highest BCUT2D eigenvalue weighted by Gasteiger charge is 2.33. The van der Waals surface area contributed by atoms with Crippen LogP contribution in [0.4, 0.5) is 0 Å². The Morgan fingerprint density at radius 1 is 1.43 bits per heavy atom. The van der Waals surface area contributed by atoms with Crippen molar-refractivity contribution >= 4 is 29.1 Å². The van der Waals surface area contributed by atoms with E-state index in [1.807, 2.05) is 12.1 Å². The molecule has 2 unspecified atom stereocenters. The molecule has 1 aliphatic heterocycles. The molecule has 0 spiro atoms. The SMILES string of the molecule is CC(c1cccc(Cl)c1Cl)N1CCNCC1C(=O)N(C)C. The molecule has 2 atom stereocenters. The quantitative estimate of drug-likeness (QED) is 0.925. The first-order valence-electron chi connectivity index (χ1n) is 7.05. The Hall–Kier alpha value is -0.810. The summed E-state index contributed by atoms with van der Waals surface area (Å²) in [6.45, 7) is 4.38. The number of nitrogens with one attached hydrogen (secondary N) is 1. The minimum atomic E-state index is -0.182. The average Bonchev–Trinajstić information content (AvgIpc) is 2.48. The van der Waals surface area contributed by atoms with Gasteiger partial charge in [-0.15, -0.1) is 0 Å². The van der Waals surface area contributed by atoms with Crippen LogP contribution < -0.4 is 5.32 Å². The van der Waals surface area contributed by atoms with E-state index >= 15 is 0 Å². The van der Waals surface area contributed by atoms with Crippen molar-refractivity contribution in [2.24, 2.45) is 0 Å². The molecule has 0 bridgehead atoms. The fourth-order valence-electron chi connectivity index (χ4n) is 2.73. The van der Waals surface area contributed by atoms with Gasteiger partial charge in [0.15, 0.2) is 0 Å².